The van der Waals surface area contributed by atoms with Crippen LogP contribution in [0.5, 0.6) is 0 Å². The molecule has 0 spiro atoms. The fourth-order valence-corrected chi connectivity index (χ4v) is 8.07. The number of phosphoric acid groups is 1. The first-order chi connectivity index (χ1) is 14.5. The van der Waals surface area contributed by atoms with Crippen molar-refractivity contribution in [2.75, 3.05) is 12.4 Å². The molecule has 2 N–H and O–H groups in total. The van der Waals surface area contributed by atoms with E-state index in [0.717, 1.165) is 25.0 Å². The Labute approximate surface area is 180 Å². The molecule has 0 aliphatic heterocycles. The lowest BCUT2D eigenvalue weighted by atomic mass is 10.2. The summed E-state index contributed by atoms with van der Waals surface area (Å²) in [6.45, 7) is 0.0956. The molecule has 0 aliphatic rings. The number of phosphoric ester groups is 1. The minimum atomic E-state index is -4.36. The molecule has 0 saturated carbocycles. The second-order valence-corrected chi connectivity index (χ2v) is 11.7. The highest BCUT2D eigenvalue weighted by molar-refractivity contribution is 8.33. The average Bonchev–Trinajstić information content (AvgIpc) is 2.77. The van der Waals surface area contributed by atoms with Crippen LogP contribution in [0.15, 0.2) is 106 Å². The van der Waals surface area contributed by atoms with Crippen LogP contribution in [0.3, 0.4) is 0 Å². The van der Waals surface area contributed by atoms with Crippen LogP contribution in [-0.2, 0) is 9.09 Å². The van der Waals surface area contributed by atoms with E-state index in [9.17, 15) is 4.57 Å². The molecule has 3 rings (SSSR count). The van der Waals surface area contributed by atoms with Gasteiger partial charge < -0.3 is 9.79 Å². The molecule has 3 aromatic rings. The maximum absolute atomic E-state index is 10.8. The molecule has 160 valence electrons. The second kappa shape index (κ2) is 10.9. The molecule has 0 heterocycles. The van der Waals surface area contributed by atoms with Crippen LogP contribution < -0.4 is 0 Å². The maximum Gasteiger partial charge on any atom is 0.469 e. The summed E-state index contributed by atoms with van der Waals surface area (Å²) < 4.78 is 15.4. The topological polar surface area (TPSA) is 66.8 Å². The van der Waals surface area contributed by atoms with Gasteiger partial charge in [-0.1, -0.05) is 67.4 Å². The van der Waals surface area contributed by atoms with Gasteiger partial charge >= 0.3 is 7.82 Å². The normalized spacial score (nSPS) is 12.6. The number of hydrogen-bond donors (Lipinski definition) is 2. The van der Waals surface area contributed by atoms with E-state index in [1.54, 1.807) is 0 Å². The number of rotatable bonds is 11. The Kier molecular flexibility index (Phi) is 8.32. The van der Waals surface area contributed by atoms with Crippen LogP contribution in [0.25, 0.3) is 0 Å². The summed E-state index contributed by atoms with van der Waals surface area (Å²) >= 11 is 0. The fourth-order valence-electron chi connectivity index (χ4n) is 3.68. The van der Waals surface area contributed by atoms with E-state index in [-0.39, 0.29) is 6.61 Å². The smallest absolute Gasteiger partial charge is 0.303 e. The molecular formula is C24H29O4PS. The largest absolute Gasteiger partial charge is 0.469 e. The third-order valence-electron chi connectivity index (χ3n) is 5.04. The molecule has 6 heteroatoms. The summed E-state index contributed by atoms with van der Waals surface area (Å²) in [6.07, 6.45) is 3.55. The van der Waals surface area contributed by atoms with Crippen LogP contribution in [-0.4, -0.2) is 22.1 Å². The number of hydrogen-bond acceptors (Lipinski definition) is 2. The van der Waals surface area contributed by atoms with Gasteiger partial charge in [0, 0.05) is 0 Å². The third-order valence-corrected chi connectivity index (χ3v) is 9.69. The Morgan fingerprint density at radius 3 is 1.43 bits per heavy atom. The maximum atomic E-state index is 10.8. The molecule has 0 atom stereocenters. The van der Waals surface area contributed by atoms with E-state index < -0.39 is 17.9 Å². The van der Waals surface area contributed by atoms with Gasteiger partial charge in [0.1, 0.15) is 0 Å². The van der Waals surface area contributed by atoms with Gasteiger partial charge in [-0.2, -0.15) is 10.0 Å². The van der Waals surface area contributed by atoms with E-state index in [4.69, 9.17) is 9.79 Å². The van der Waals surface area contributed by atoms with E-state index >= 15 is 0 Å². The molecule has 4 nitrogen and oxygen atoms in total. The Balaban J connectivity index is 1.82. The van der Waals surface area contributed by atoms with E-state index in [2.05, 4.69) is 95.5 Å². The minimum absolute atomic E-state index is 0.0956. The Bertz CT molecular complexity index is 833. The molecule has 0 bridgehead atoms. The summed E-state index contributed by atoms with van der Waals surface area (Å²) in [7, 11) is -5.77. The molecule has 0 amide bonds. The van der Waals surface area contributed by atoms with Crippen molar-refractivity contribution in [3.05, 3.63) is 91.0 Å². The molecule has 0 unspecified atom stereocenters. The average molecular weight is 445 g/mol. The van der Waals surface area contributed by atoms with Gasteiger partial charge in [0.2, 0.25) is 0 Å². The van der Waals surface area contributed by atoms with Crippen molar-refractivity contribution in [3.8, 4) is 0 Å². The lowest BCUT2D eigenvalue weighted by Crippen LogP contribution is -2.08. The lowest BCUT2D eigenvalue weighted by molar-refractivity contribution is 0.193. The Morgan fingerprint density at radius 2 is 1.03 bits per heavy atom. The lowest BCUT2D eigenvalue weighted by Gasteiger charge is -2.42. The van der Waals surface area contributed by atoms with E-state index in [1.807, 2.05) is 0 Å². The van der Waals surface area contributed by atoms with Crippen molar-refractivity contribution in [2.45, 2.75) is 40.4 Å². The summed E-state index contributed by atoms with van der Waals surface area (Å²) in [5.74, 6) is 1.03. The number of benzene rings is 3. The van der Waals surface area contributed by atoms with E-state index in [1.165, 1.54) is 14.7 Å². The van der Waals surface area contributed by atoms with Crippen LogP contribution >= 0.6 is 17.9 Å². The van der Waals surface area contributed by atoms with Crippen molar-refractivity contribution in [3.63, 3.8) is 0 Å². The molecule has 0 fully saturated rings. The van der Waals surface area contributed by atoms with Crippen LogP contribution in [0.1, 0.15) is 25.7 Å². The zero-order valence-electron chi connectivity index (χ0n) is 17.0. The van der Waals surface area contributed by atoms with Crippen molar-refractivity contribution < 1.29 is 18.9 Å². The van der Waals surface area contributed by atoms with Crippen molar-refractivity contribution in [1.29, 1.82) is 0 Å². The van der Waals surface area contributed by atoms with Crippen LogP contribution in [0, 0.1) is 0 Å². The zero-order chi connectivity index (χ0) is 21.3. The van der Waals surface area contributed by atoms with Crippen molar-refractivity contribution in [1.82, 2.24) is 0 Å². The van der Waals surface area contributed by atoms with Crippen LogP contribution in [0.2, 0.25) is 0 Å². The number of unbranched alkanes of at least 4 members (excludes halogenated alkanes) is 3. The zero-order valence-corrected chi connectivity index (χ0v) is 18.7. The molecule has 0 saturated heterocycles. The predicted octanol–water partition coefficient (Wildman–Crippen LogP) is 6.64. The molecule has 0 radical (unpaired) electrons. The van der Waals surface area contributed by atoms with Crippen molar-refractivity contribution in [2.24, 2.45) is 0 Å². The minimum Gasteiger partial charge on any atom is -0.303 e. The summed E-state index contributed by atoms with van der Waals surface area (Å²) in [5, 5.41) is 0. The van der Waals surface area contributed by atoms with E-state index in [0.29, 0.717) is 6.42 Å². The predicted molar refractivity (Wildman–Crippen MR) is 123 cm³/mol. The van der Waals surface area contributed by atoms with Gasteiger partial charge in [-0.25, -0.2) is 4.57 Å². The van der Waals surface area contributed by atoms with Gasteiger partial charge in [0.05, 0.1) is 6.61 Å². The fraction of sp³-hybridized carbons (Fsp3) is 0.250. The van der Waals surface area contributed by atoms with Gasteiger partial charge in [-0.15, -0.1) is 0 Å². The Morgan fingerprint density at radius 1 is 0.633 bits per heavy atom. The molecular weight excluding hydrogens is 415 g/mol. The standard InChI is InChI=1S/C24H29O4PS/c25-29(26,27)28-20-12-1-2-13-21-30(22-14-6-3-7-15-22,23-16-8-4-9-17-23)24-18-10-5-11-19-24/h3-11,14-19H,1-2,12-13,20-21H2,(H2,25,26,27). The Hall–Kier alpha value is -1.88. The summed E-state index contributed by atoms with van der Waals surface area (Å²) in [6, 6.07) is 32.3. The summed E-state index contributed by atoms with van der Waals surface area (Å²) in [4.78, 5) is 21.7. The first kappa shape index (κ1) is 22.8. The van der Waals surface area contributed by atoms with Gasteiger partial charge in [-0.05, 0) is 69.7 Å². The van der Waals surface area contributed by atoms with Gasteiger partial charge in [0.15, 0.2) is 0 Å². The second-order valence-electron chi connectivity index (χ2n) is 7.12. The highest BCUT2D eigenvalue weighted by Gasteiger charge is 2.30. The van der Waals surface area contributed by atoms with Gasteiger partial charge in [0.25, 0.3) is 0 Å². The monoisotopic (exact) mass is 444 g/mol. The SMILES string of the molecule is O=P(O)(O)OCCCCCCS(c1ccccc1)(c1ccccc1)c1ccccc1. The highest BCUT2D eigenvalue weighted by Crippen LogP contribution is 2.68. The van der Waals surface area contributed by atoms with Crippen molar-refractivity contribution >= 4 is 17.9 Å². The molecule has 0 aromatic heterocycles. The first-order valence-corrected chi connectivity index (χ1v) is 13.5. The molecule has 0 aliphatic carbocycles. The molecule has 3 aromatic carbocycles. The first-order valence-electron chi connectivity index (χ1n) is 10.2. The summed E-state index contributed by atoms with van der Waals surface area (Å²) in [5.41, 5.74) is 0. The van der Waals surface area contributed by atoms with Gasteiger partial charge in [-0.3, -0.25) is 4.52 Å². The highest BCUT2D eigenvalue weighted by atomic mass is 32.3. The third kappa shape index (κ3) is 6.07. The van der Waals surface area contributed by atoms with Crippen LogP contribution in [0.4, 0.5) is 0 Å². The molecule has 30 heavy (non-hydrogen) atoms. The quantitative estimate of drug-likeness (QED) is 0.257.